The maximum absolute atomic E-state index is 13.6. The number of nitrogens with one attached hydrogen (secondary N) is 1. The van der Waals surface area contributed by atoms with Crippen LogP contribution in [0.5, 0.6) is 11.5 Å². The van der Waals surface area contributed by atoms with Gasteiger partial charge in [-0.2, -0.15) is 0 Å². The van der Waals surface area contributed by atoms with Gasteiger partial charge in [0.05, 0.1) is 14.2 Å². The van der Waals surface area contributed by atoms with Crippen molar-refractivity contribution < 1.29 is 19.1 Å². The van der Waals surface area contributed by atoms with Crippen LogP contribution in [0.15, 0.2) is 48.5 Å². The second-order valence-electron chi connectivity index (χ2n) is 8.24. The number of thioether (sulfide) groups is 1. The van der Waals surface area contributed by atoms with E-state index in [4.69, 9.17) is 9.47 Å². The molecular formula is C25H30N2O4S. The van der Waals surface area contributed by atoms with Gasteiger partial charge in [-0.15, -0.1) is 11.8 Å². The Labute approximate surface area is 193 Å². The van der Waals surface area contributed by atoms with Crippen LogP contribution in [0.2, 0.25) is 0 Å². The van der Waals surface area contributed by atoms with E-state index in [2.05, 4.69) is 5.32 Å². The lowest BCUT2D eigenvalue weighted by Gasteiger charge is -2.31. The monoisotopic (exact) mass is 454 g/mol. The van der Waals surface area contributed by atoms with Crippen molar-refractivity contribution in [1.82, 2.24) is 10.2 Å². The van der Waals surface area contributed by atoms with E-state index in [1.54, 1.807) is 43.0 Å². The lowest BCUT2D eigenvalue weighted by atomic mass is 9.95. The summed E-state index contributed by atoms with van der Waals surface area (Å²) in [5, 5.41) is 2.93. The van der Waals surface area contributed by atoms with Gasteiger partial charge >= 0.3 is 0 Å². The van der Waals surface area contributed by atoms with Gasteiger partial charge in [-0.25, -0.2) is 0 Å². The number of carbonyl (C=O) groups is 2. The number of rotatable bonds is 6. The predicted molar refractivity (Wildman–Crippen MR) is 126 cm³/mol. The largest absolute Gasteiger partial charge is 0.493 e. The maximum Gasteiger partial charge on any atom is 0.255 e. The van der Waals surface area contributed by atoms with Crippen LogP contribution in [-0.4, -0.2) is 48.8 Å². The molecule has 7 heteroatoms. The average Bonchev–Trinajstić information content (AvgIpc) is 3.29. The number of nitrogens with zero attached hydrogens (tertiary/aromatic N) is 1. The first kappa shape index (κ1) is 22.5. The standard InChI is InChI=1S/C25H30N2O4S/c1-30-21-14-13-18(15-22(21)31-2)25-27(24(29)17-9-5-3-6-10-17)20(16-32-25)23(28)26-19-11-7-4-8-12-19/h3,5-6,9-10,13-15,19-20,25H,4,7-8,11-12,16H2,1-2H3,(H,26,28). The molecule has 4 rings (SSSR count). The first-order chi connectivity index (χ1) is 15.6. The van der Waals surface area contributed by atoms with Crippen molar-refractivity contribution in [1.29, 1.82) is 0 Å². The number of carbonyl (C=O) groups excluding carboxylic acids is 2. The molecule has 170 valence electrons. The van der Waals surface area contributed by atoms with Gasteiger partial charge in [0.15, 0.2) is 11.5 Å². The van der Waals surface area contributed by atoms with E-state index in [9.17, 15) is 9.59 Å². The summed E-state index contributed by atoms with van der Waals surface area (Å²) >= 11 is 1.61. The molecule has 1 saturated heterocycles. The lowest BCUT2D eigenvalue weighted by Crippen LogP contribution is -2.50. The van der Waals surface area contributed by atoms with Gasteiger partial charge in [0.2, 0.25) is 5.91 Å². The van der Waals surface area contributed by atoms with Crippen LogP contribution >= 0.6 is 11.8 Å². The third-order valence-corrected chi connectivity index (χ3v) is 7.53. The fourth-order valence-electron chi connectivity index (χ4n) is 4.49. The summed E-state index contributed by atoms with van der Waals surface area (Å²) in [5.41, 5.74) is 1.49. The zero-order chi connectivity index (χ0) is 22.5. The molecular weight excluding hydrogens is 424 g/mol. The summed E-state index contributed by atoms with van der Waals surface area (Å²) < 4.78 is 10.8. The highest BCUT2D eigenvalue weighted by molar-refractivity contribution is 7.99. The molecule has 1 aliphatic heterocycles. The summed E-state index contributed by atoms with van der Waals surface area (Å²) in [7, 11) is 3.19. The first-order valence-electron chi connectivity index (χ1n) is 11.1. The van der Waals surface area contributed by atoms with E-state index in [0.29, 0.717) is 22.8 Å². The highest BCUT2D eigenvalue weighted by Gasteiger charge is 2.43. The average molecular weight is 455 g/mol. The molecule has 2 atom stereocenters. The molecule has 2 unspecified atom stereocenters. The number of hydrogen-bond donors (Lipinski definition) is 1. The van der Waals surface area contributed by atoms with E-state index < -0.39 is 6.04 Å². The Morgan fingerprint density at radius 3 is 2.38 bits per heavy atom. The number of methoxy groups -OCH3 is 2. The van der Waals surface area contributed by atoms with Gasteiger partial charge in [-0.05, 0) is 42.7 Å². The molecule has 0 radical (unpaired) electrons. The van der Waals surface area contributed by atoms with Gasteiger partial charge < -0.3 is 19.7 Å². The van der Waals surface area contributed by atoms with Gasteiger partial charge in [0, 0.05) is 17.4 Å². The van der Waals surface area contributed by atoms with Crippen molar-refractivity contribution >= 4 is 23.6 Å². The van der Waals surface area contributed by atoms with Crippen LogP contribution in [-0.2, 0) is 4.79 Å². The Morgan fingerprint density at radius 1 is 0.969 bits per heavy atom. The number of benzene rings is 2. The van der Waals surface area contributed by atoms with Crippen LogP contribution in [0.1, 0.15) is 53.4 Å². The minimum atomic E-state index is -0.521. The predicted octanol–water partition coefficient (Wildman–Crippen LogP) is 4.41. The molecule has 2 aromatic carbocycles. The molecule has 0 bridgehead atoms. The normalized spacial score (nSPS) is 21.2. The van der Waals surface area contributed by atoms with Gasteiger partial charge in [-0.1, -0.05) is 43.5 Å². The lowest BCUT2D eigenvalue weighted by molar-refractivity contribution is -0.125. The molecule has 6 nitrogen and oxygen atoms in total. The Kier molecular flexibility index (Phi) is 7.25. The Balaban J connectivity index is 1.64. The molecule has 1 N–H and O–H groups in total. The Hall–Kier alpha value is -2.67. The van der Waals surface area contributed by atoms with E-state index in [1.807, 2.05) is 36.4 Å². The third-order valence-electron chi connectivity index (χ3n) is 6.20. The summed E-state index contributed by atoms with van der Waals surface area (Å²) in [6, 6.07) is 14.5. The molecule has 2 aliphatic rings. The smallest absolute Gasteiger partial charge is 0.255 e. The minimum Gasteiger partial charge on any atom is -0.493 e. The van der Waals surface area contributed by atoms with Crippen LogP contribution in [0.4, 0.5) is 0 Å². The van der Waals surface area contributed by atoms with Gasteiger partial charge in [0.1, 0.15) is 11.4 Å². The fourth-order valence-corrected chi connectivity index (χ4v) is 5.91. The number of ether oxygens (including phenoxy) is 2. The molecule has 1 heterocycles. The molecule has 1 aliphatic carbocycles. The molecule has 2 fully saturated rings. The van der Waals surface area contributed by atoms with Gasteiger partial charge in [0.25, 0.3) is 5.91 Å². The molecule has 32 heavy (non-hydrogen) atoms. The Bertz CT molecular complexity index is 946. The molecule has 2 amide bonds. The van der Waals surface area contributed by atoms with E-state index >= 15 is 0 Å². The molecule has 0 spiro atoms. The molecule has 1 saturated carbocycles. The van der Waals surface area contributed by atoms with Crippen LogP contribution in [0.3, 0.4) is 0 Å². The Morgan fingerprint density at radius 2 is 1.69 bits per heavy atom. The first-order valence-corrected chi connectivity index (χ1v) is 12.2. The van der Waals surface area contributed by atoms with Crippen molar-refractivity contribution in [2.24, 2.45) is 0 Å². The second kappa shape index (κ2) is 10.3. The van der Waals surface area contributed by atoms with Crippen molar-refractivity contribution in [3.63, 3.8) is 0 Å². The van der Waals surface area contributed by atoms with Crippen molar-refractivity contribution in [3.05, 3.63) is 59.7 Å². The SMILES string of the molecule is COc1ccc(C2SCC(C(=O)NC3CCCCC3)N2C(=O)c2ccccc2)cc1OC. The highest BCUT2D eigenvalue weighted by atomic mass is 32.2. The van der Waals surface area contributed by atoms with Crippen molar-refractivity contribution in [2.45, 2.75) is 49.6 Å². The number of amides is 2. The van der Waals surface area contributed by atoms with E-state index in [-0.39, 0.29) is 23.2 Å². The zero-order valence-electron chi connectivity index (χ0n) is 18.6. The van der Waals surface area contributed by atoms with Crippen molar-refractivity contribution in [3.8, 4) is 11.5 Å². The second-order valence-corrected chi connectivity index (χ2v) is 9.35. The van der Waals surface area contributed by atoms with Crippen molar-refractivity contribution in [2.75, 3.05) is 20.0 Å². The summed E-state index contributed by atoms with van der Waals surface area (Å²) in [5.74, 6) is 1.59. The van der Waals surface area contributed by atoms with Crippen LogP contribution < -0.4 is 14.8 Å². The molecule has 0 aromatic heterocycles. The summed E-state index contributed by atoms with van der Waals surface area (Å²) in [4.78, 5) is 28.6. The summed E-state index contributed by atoms with van der Waals surface area (Å²) in [6.07, 6.45) is 5.54. The van der Waals surface area contributed by atoms with E-state index in [1.165, 1.54) is 6.42 Å². The fraction of sp³-hybridized carbons (Fsp3) is 0.440. The summed E-state index contributed by atoms with van der Waals surface area (Å²) in [6.45, 7) is 0. The zero-order valence-corrected chi connectivity index (χ0v) is 19.4. The molecule has 2 aromatic rings. The van der Waals surface area contributed by atoms with E-state index in [0.717, 1.165) is 31.2 Å². The third kappa shape index (κ3) is 4.72. The minimum absolute atomic E-state index is 0.0587. The quantitative estimate of drug-likeness (QED) is 0.700. The van der Waals surface area contributed by atoms with Crippen LogP contribution in [0, 0.1) is 0 Å². The highest BCUT2D eigenvalue weighted by Crippen LogP contribution is 2.44. The topological polar surface area (TPSA) is 67.9 Å². The van der Waals surface area contributed by atoms with Gasteiger partial charge in [-0.3, -0.25) is 9.59 Å². The number of hydrogen-bond acceptors (Lipinski definition) is 5. The van der Waals surface area contributed by atoms with Crippen LogP contribution in [0.25, 0.3) is 0 Å². The maximum atomic E-state index is 13.6.